The molecule has 0 fully saturated rings. The maximum absolute atomic E-state index is 12.1. The van der Waals surface area contributed by atoms with Crippen molar-refractivity contribution in [2.24, 2.45) is 0 Å². The van der Waals surface area contributed by atoms with Crippen LogP contribution >= 0.6 is 15.9 Å². The summed E-state index contributed by atoms with van der Waals surface area (Å²) in [7, 11) is 5.02. The maximum atomic E-state index is 12.1. The second kappa shape index (κ2) is 8.67. The third-order valence-corrected chi connectivity index (χ3v) is 4.30. The molecule has 2 aromatic rings. The molecule has 132 valence electrons. The Morgan fingerprint density at radius 1 is 1.12 bits per heavy atom. The molecule has 2 amide bonds. The average molecular weight is 405 g/mol. The van der Waals surface area contributed by atoms with Crippen LogP contribution in [0.25, 0.3) is 0 Å². The molecule has 0 spiro atoms. The average Bonchev–Trinajstić information content (AvgIpc) is 2.60. The lowest BCUT2D eigenvalue weighted by atomic mass is 10.1. The van der Waals surface area contributed by atoms with E-state index in [2.05, 4.69) is 21.2 Å². The minimum Gasteiger partial charge on any atom is -0.496 e. The molecule has 25 heavy (non-hydrogen) atoms. The molecule has 2 rings (SSSR count). The van der Waals surface area contributed by atoms with E-state index in [0.29, 0.717) is 24.1 Å². The van der Waals surface area contributed by atoms with Crippen molar-refractivity contribution in [1.82, 2.24) is 4.90 Å². The highest BCUT2D eigenvalue weighted by Gasteiger charge is 2.09. The monoisotopic (exact) mass is 404 g/mol. The minimum absolute atomic E-state index is 0.0667. The van der Waals surface area contributed by atoms with Gasteiger partial charge in [0.1, 0.15) is 5.75 Å². The highest BCUT2D eigenvalue weighted by molar-refractivity contribution is 9.10. The standard InChI is InChI=1S/C19H21BrN2O3/c1-22(2)19(24)14-6-8-15(9-7-14)21-18(23)11-5-13-4-10-17(25-3)16(20)12-13/h4,6-10,12H,5,11H2,1-3H3,(H,21,23). The Kier molecular flexibility index (Phi) is 6.58. The van der Waals surface area contributed by atoms with Crippen LogP contribution in [0.1, 0.15) is 22.3 Å². The van der Waals surface area contributed by atoms with Gasteiger partial charge >= 0.3 is 0 Å². The molecule has 0 atom stereocenters. The summed E-state index contributed by atoms with van der Waals surface area (Å²) in [5, 5.41) is 2.84. The van der Waals surface area contributed by atoms with Crippen molar-refractivity contribution in [2.45, 2.75) is 12.8 Å². The van der Waals surface area contributed by atoms with Crippen molar-refractivity contribution in [3.63, 3.8) is 0 Å². The van der Waals surface area contributed by atoms with Gasteiger partial charge in [0.2, 0.25) is 5.91 Å². The topological polar surface area (TPSA) is 58.6 Å². The Morgan fingerprint density at radius 3 is 2.36 bits per heavy atom. The summed E-state index contributed by atoms with van der Waals surface area (Å²) in [5.41, 5.74) is 2.32. The van der Waals surface area contributed by atoms with Gasteiger partial charge in [-0.3, -0.25) is 9.59 Å². The molecule has 0 aliphatic carbocycles. The first-order chi connectivity index (χ1) is 11.9. The van der Waals surface area contributed by atoms with Crippen LogP contribution in [-0.4, -0.2) is 37.9 Å². The van der Waals surface area contributed by atoms with E-state index in [0.717, 1.165) is 15.8 Å². The lowest BCUT2D eigenvalue weighted by Crippen LogP contribution is -2.21. The van der Waals surface area contributed by atoms with Crippen molar-refractivity contribution in [3.8, 4) is 5.75 Å². The van der Waals surface area contributed by atoms with Gasteiger partial charge in [0.15, 0.2) is 0 Å². The zero-order valence-electron chi connectivity index (χ0n) is 14.5. The highest BCUT2D eigenvalue weighted by Crippen LogP contribution is 2.26. The summed E-state index contributed by atoms with van der Waals surface area (Å²) in [5.74, 6) is 0.627. The summed E-state index contributed by atoms with van der Waals surface area (Å²) < 4.78 is 6.06. The van der Waals surface area contributed by atoms with Crippen LogP contribution in [0.15, 0.2) is 46.9 Å². The molecule has 0 aliphatic heterocycles. The van der Waals surface area contributed by atoms with Gasteiger partial charge in [-0.05, 0) is 64.3 Å². The number of hydrogen-bond acceptors (Lipinski definition) is 3. The number of nitrogens with zero attached hydrogens (tertiary/aromatic N) is 1. The molecule has 1 N–H and O–H groups in total. The van der Waals surface area contributed by atoms with Gasteiger partial charge in [-0.25, -0.2) is 0 Å². The normalized spacial score (nSPS) is 10.2. The number of carbonyl (C=O) groups excluding carboxylic acids is 2. The largest absolute Gasteiger partial charge is 0.496 e. The van der Waals surface area contributed by atoms with Crippen molar-refractivity contribution in [1.29, 1.82) is 0 Å². The highest BCUT2D eigenvalue weighted by atomic mass is 79.9. The van der Waals surface area contributed by atoms with Crippen LogP contribution in [0.5, 0.6) is 5.75 Å². The predicted octanol–water partition coefficient (Wildman–Crippen LogP) is 3.73. The van der Waals surface area contributed by atoms with Crippen LogP contribution in [-0.2, 0) is 11.2 Å². The summed E-state index contributed by atoms with van der Waals surface area (Å²) in [6, 6.07) is 12.7. The van der Waals surface area contributed by atoms with Crippen molar-refractivity contribution >= 4 is 33.4 Å². The maximum Gasteiger partial charge on any atom is 0.253 e. The van der Waals surface area contributed by atoms with E-state index >= 15 is 0 Å². The number of anilines is 1. The van der Waals surface area contributed by atoms with Gasteiger partial charge in [-0.1, -0.05) is 6.07 Å². The molecule has 0 aromatic heterocycles. The third kappa shape index (κ3) is 5.32. The van der Waals surface area contributed by atoms with Gasteiger partial charge in [-0.2, -0.15) is 0 Å². The first-order valence-electron chi connectivity index (χ1n) is 7.84. The molecule has 2 aromatic carbocycles. The van der Waals surface area contributed by atoms with Crippen LogP contribution in [0.4, 0.5) is 5.69 Å². The molecule has 0 unspecified atom stereocenters. The predicted molar refractivity (Wildman–Crippen MR) is 102 cm³/mol. The Morgan fingerprint density at radius 2 is 1.80 bits per heavy atom. The summed E-state index contributed by atoms with van der Waals surface area (Å²) in [6.45, 7) is 0. The summed E-state index contributed by atoms with van der Waals surface area (Å²) >= 11 is 3.44. The molecule has 0 bridgehead atoms. The Bertz CT molecular complexity index is 758. The van der Waals surface area contributed by atoms with Gasteiger partial charge in [-0.15, -0.1) is 0 Å². The van der Waals surface area contributed by atoms with Crippen LogP contribution < -0.4 is 10.1 Å². The van der Waals surface area contributed by atoms with E-state index in [4.69, 9.17) is 4.74 Å². The SMILES string of the molecule is COc1ccc(CCC(=O)Nc2ccc(C(=O)N(C)C)cc2)cc1Br. The number of amides is 2. The van der Waals surface area contributed by atoms with Crippen molar-refractivity contribution in [2.75, 3.05) is 26.5 Å². The van der Waals surface area contributed by atoms with Crippen LogP contribution in [0, 0.1) is 0 Å². The molecule has 6 heteroatoms. The Balaban J connectivity index is 1.90. The quantitative estimate of drug-likeness (QED) is 0.797. The second-order valence-electron chi connectivity index (χ2n) is 5.79. The fraction of sp³-hybridized carbons (Fsp3) is 0.263. The number of nitrogens with one attached hydrogen (secondary N) is 1. The Hall–Kier alpha value is -2.34. The molecule has 5 nitrogen and oxygen atoms in total. The van der Waals surface area contributed by atoms with E-state index in [9.17, 15) is 9.59 Å². The zero-order valence-corrected chi connectivity index (χ0v) is 16.1. The lowest BCUT2D eigenvalue weighted by Gasteiger charge is -2.11. The number of halogens is 1. The van der Waals surface area contributed by atoms with Crippen molar-refractivity contribution < 1.29 is 14.3 Å². The van der Waals surface area contributed by atoms with E-state index in [1.54, 1.807) is 45.5 Å². The first-order valence-corrected chi connectivity index (χ1v) is 8.64. The van der Waals surface area contributed by atoms with E-state index in [-0.39, 0.29) is 11.8 Å². The Labute approximate surface area is 156 Å². The van der Waals surface area contributed by atoms with E-state index < -0.39 is 0 Å². The molecule has 0 radical (unpaired) electrons. The molecule has 0 aliphatic rings. The van der Waals surface area contributed by atoms with Gasteiger partial charge in [0, 0.05) is 31.8 Å². The third-order valence-electron chi connectivity index (χ3n) is 3.68. The molecule has 0 saturated carbocycles. The fourth-order valence-corrected chi connectivity index (χ4v) is 2.89. The summed E-state index contributed by atoms with van der Waals surface area (Å²) in [6.07, 6.45) is 1.00. The van der Waals surface area contributed by atoms with Crippen LogP contribution in [0.3, 0.4) is 0 Å². The number of carbonyl (C=O) groups is 2. The summed E-state index contributed by atoms with van der Waals surface area (Å²) in [4.78, 5) is 25.4. The van der Waals surface area contributed by atoms with Gasteiger partial charge in [0.25, 0.3) is 5.91 Å². The number of hydrogen-bond donors (Lipinski definition) is 1. The van der Waals surface area contributed by atoms with E-state index in [1.165, 1.54) is 4.90 Å². The van der Waals surface area contributed by atoms with Gasteiger partial charge in [0.05, 0.1) is 11.6 Å². The number of benzene rings is 2. The molecular weight excluding hydrogens is 384 g/mol. The molecular formula is C19H21BrN2O3. The van der Waals surface area contributed by atoms with Crippen LogP contribution in [0.2, 0.25) is 0 Å². The first kappa shape index (κ1) is 19.0. The zero-order chi connectivity index (χ0) is 18.4. The number of rotatable bonds is 6. The van der Waals surface area contributed by atoms with Crippen molar-refractivity contribution in [3.05, 3.63) is 58.1 Å². The fourth-order valence-electron chi connectivity index (χ4n) is 2.30. The van der Waals surface area contributed by atoms with Gasteiger partial charge < -0.3 is 15.0 Å². The molecule has 0 heterocycles. The number of aryl methyl sites for hydroxylation is 1. The lowest BCUT2D eigenvalue weighted by molar-refractivity contribution is -0.116. The smallest absolute Gasteiger partial charge is 0.253 e. The number of ether oxygens (including phenoxy) is 1. The van der Waals surface area contributed by atoms with E-state index in [1.807, 2.05) is 18.2 Å². The second-order valence-corrected chi connectivity index (χ2v) is 6.65. The molecule has 0 saturated heterocycles. The minimum atomic E-state index is -0.0707. The number of methoxy groups -OCH3 is 1.